The van der Waals surface area contributed by atoms with E-state index >= 15 is 0 Å². The van der Waals surface area contributed by atoms with E-state index in [2.05, 4.69) is 62.2 Å². The van der Waals surface area contributed by atoms with Crippen molar-refractivity contribution in [2.24, 2.45) is 11.3 Å². The number of aromatic nitrogens is 2. The minimum Gasteiger partial charge on any atom is -0.497 e. The van der Waals surface area contributed by atoms with E-state index in [9.17, 15) is 4.79 Å². The van der Waals surface area contributed by atoms with Gasteiger partial charge in [0.15, 0.2) is 0 Å². The monoisotopic (exact) mass is 486 g/mol. The standard InChI is InChI=1S/C31H38N2O3/c1-19(2)23-16-20-11-12-28-30(3,13-8-14-31(28,4)29(34)36-6)25(20)17-24(23)27-18-26(32-33-27)21-9-7-10-22(15-21)35-5/h7,9-10,15-19,28H,8,11-14H2,1-6H3,(H,32,33)/t28-,30-,31-/m1/s1. The predicted octanol–water partition coefficient (Wildman–Crippen LogP) is 7.06. The van der Waals surface area contributed by atoms with Crippen LogP contribution >= 0.6 is 0 Å². The molecule has 0 radical (unpaired) electrons. The van der Waals surface area contributed by atoms with Crippen molar-refractivity contribution in [3.63, 3.8) is 0 Å². The van der Waals surface area contributed by atoms with Crippen LogP contribution < -0.4 is 4.74 Å². The Balaban J connectivity index is 1.62. The molecule has 1 N–H and O–H groups in total. The van der Waals surface area contributed by atoms with E-state index in [1.54, 1.807) is 7.11 Å². The Morgan fingerprint density at radius 2 is 1.92 bits per heavy atom. The molecule has 3 atom stereocenters. The average molecular weight is 487 g/mol. The molecule has 5 nitrogen and oxygen atoms in total. The highest BCUT2D eigenvalue weighted by Crippen LogP contribution is 2.58. The molecular formula is C31H38N2O3. The number of hydrogen-bond acceptors (Lipinski definition) is 4. The number of hydrogen-bond donors (Lipinski definition) is 1. The number of benzene rings is 2. The Hall–Kier alpha value is -3.08. The molecule has 0 spiro atoms. The maximum atomic E-state index is 13.0. The molecule has 3 aromatic rings. The fourth-order valence-electron chi connectivity index (χ4n) is 7.11. The number of rotatable bonds is 5. The van der Waals surface area contributed by atoms with Crippen molar-refractivity contribution in [2.45, 2.75) is 71.1 Å². The Bertz CT molecular complexity index is 1290. The van der Waals surface area contributed by atoms with Crippen LogP contribution in [0.3, 0.4) is 0 Å². The van der Waals surface area contributed by atoms with Gasteiger partial charge in [0.1, 0.15) is 5.75 Å². The zero-order valence-electron chi connectivity index (χ0n) is 22.4. The van der Waals surface area contributed by atoms with Crippen molar-refractivity contribution in [1.29, 1.82) is 0 Å². The van der Waals surface area contributed by atoms with Crippen LogP contribution in [0.15, 0.2) is 42.5 Å². The molecule has 0 saturated heterocycles. The summed E-state index contributed by atoms with van der Waals surface area (Å²) in [5.74, 6) is 1.41. The number of nitrogens with zero attached hydrogens (tertiary/aromatic N) is 1. The number of methoxy groups -OCH3 is 2. The lowest BCUT2D eigenvalue weighted by molar-refractivity contribution is -0.161. The van der Waals surface area contributed by atoms with Crippen LogP contribution in [0.2, 0.25) is 0 Å². The third kappa shape index (κ3) is 3.84. The van der Waals surface area contributed by atoms with Gasteiger partial charge < -0.3 is 9.47 Å². The highest BCUT2D eigenvalue weighted by atomic mass is 16.5. The molecule has 0 aliphatic heterocycles. The number of H-pyrrole nitrogens is 1. The molecule has 5 rings (SSSR count). The first-order valence-corrected chi connectivity index (χ1v) is 13.2. The third-order valence-electron chi connectivity index (χ3n) is 9.03. The van der Waals surface area contributed by atoms with Crippen molar-refractivity contribution < 1.29 is 14.3 Å². The third-order valence-corrected chi connectivity index (χ3v) is 9.03. The number of ether oxygens (including phenoxy) is 2. The lowest BCUT2D eigenvalue weighted by Crippen LogP contribution is -2.52. The average Bonchev–Trinajstić information content (AvgIpc) is 3.37. The lowest BCUT2D eigenvalue weighted by atomic mass is 9.49. The molecule has 0 amide bonds. The SMILES string of the molecule is COC(=O)[C@]1(C)CCC[C@]2(C)c3cc(-c4cc(-c5cccc(OC)c5)n[nH]4)c(C(C)C)cc3CC[C@@H]12. The fraction of sp³-hybridized carbons (Fsp3) is 0.484. The predicted molar refractivity (Wildman–Crippen MR) is 143 cm³/mol. The van der Waals surface area contributed by atoms with Gasteiger partial charge in [0, 0.05) is 11.1 Å². The van der Waals surface area contributed by atoms with Gasteiger partial charge in [-0.2, -0.15) is 5.10 Å². The van der Waals surface area contributed by atoms with E-state index in [0.717, 1.165) is 54.8 Å². The summed E-state index contributed by atoms with van der Waals surface area (Å²) < 4.78 is 10.7. The zero-order valence-corrected chi connectivity index (χ0v) is 22.4. The normalized spacial score (nSPS) is 25.2. The molecule has 36 heavy (non-hydrogen) atoms. The second-order valence-corrected chi connectivity index (χ2v) is 11.4. The van der Waals surface area contributed by atoms with Crippen molar-refractivity contribution >= 4 is 5.97 Å². The smallest absolute Gasteiger partial charge is 0.311 e. The highest BCUT2D eigenvalue weighted by Gasteiger charge is 2.55. The molecule has 1 fully saturated rings. The molecule has 2 aromatic carbocycles. The zero-order chi connectivity index (χ0) is 25.7. The molecule has 1 aromatic heterocycles. The largest absolute Gasteiger partial charge is 0.497 e. The molecule has 1 heterocycles. The van der Waals surface area contributed by atoms with Gasteiger partial charge in [-0.1, -0.05) is 45.4 Å². The maximum Gasteiger partial charge on any atom is 0.311 e. The Morgan fingerprint density at radius 3 is 2.64 bits per heavy atom. The minimum absolute atomic E-state index is 0.0580. The highest BCUT2D eigenvalue weighted by molar-refractivity contribution is 5.78. The van der Waals surface area contributed by atoms with Crippen molar-refractivity contribution in [1.82, 2.24) is 10.2 Å². The molecule has 2 aliphatic carbocycles. The van der Waals surface area contributed by atoms with Crippen molar-refractivity contribution in [2.75, 3.05) is 14.2 Å². The van der Waals surface area contributed by atoms with E-state index in [1.165, 1.54) is 29.4 Å². The summed E-state index contributed by atoms with van der Waals surface area (Å²) in [5, 5.41) is 7.99. The van der Waals surface area contributed by atoms with E-state index < -0.39 is 5.41 Å². The number of fused-ring (bicyclic) bond motifs is 3. The molecule has 2 aliphatic rings. The van der Waals surface area contributed by atoms with Gasteiger partial charge in [-0.3, -0.25) is 9.89 Å². The molecule has 0 bridgehead atoms. The van der Waals surface area contributed by atoms with Gasteiger partial charge in [-0.25, -0.2) is 0 Å². The quantitative estimate of drug-likeness (QED) is 0.392. The first-order chi connectivity index (χ1) is 17.2. The van der Waals surface area contributed by atoms with Gasteiger partial charge in [-0.15, -0.1) is 0 Å². The fourth-order valence-corrected chi connectivity index (χ4v) is 7.11. The van der Waals surface area contributed by atoms with E-state index in [-0.39, 0.29) is 17.3 Å². The Labute approximate surface area is 214 Å². The second-order valence-electron chi connectivity index (χ2n) is 11.4. The van der Waals surface area contributed by atoms with Crippen LogP contribution in [0.1, 0.15) is 76.0 Å². The summed E-state index contributed by atoms with van der Waals surface area (Å²) in [5.41, 5.74) is 7.81. The number of carbonyl (C=O) groups is 1. The summed E-state index contributed by atoms with van der Waals surface area (Å²) in [6.45, 7) is 9.02. The molecule has 1 saturated carbocycles. The summed E-state index contributed by atoms with van der Waals surface area (Å²) >= 11 is 0. The topological polar surface area (TPSA) is 64.2 Å². The lowest BCUT2D eigenvalue weighted by Gasteiger charge is -2.54. The number of nitrogens with one attached hydrogen (secondary N) is 1. The summed E-state index contributed by atoms with van der Waals surface area (Å²) in [6, 6.07) is 15.0. The van der Waals surface area contributed by atoms with Crippen LogP contribution in [-0.4, -0.2) is 30.4 Å². The van der Waals surface area contributed by atoms with Crippen LogP contribution in [0.25, 0.3) is 22.5 Å². The first-order valence-electron chi connectivity index (χ1n) is 13.2. The summed E-state index contributed by atoms with van der Waals surface area (Å²) in [4.78, 5) is 13.0. The summed E-state index contributed by atoms with van der Waals surface area (Å²) in [7, 11) is 3.21. The first kappa shape index (κ1) is 24.6. The van der Waals surface area contributed by atoms with Gasteiger partial charge >= 0.3 is 5.97 Å². The molecule has 0 unspecified atom stereocenters. The van der Waals surface area contributed by atoms with Gasteiger partial charge in [0.05, 0.1) is 31.0 Å². The second kappa shape index (κ2) is 9.10. The summed E-state index contributed by atoms with van der Waals surface area (Å²) in [6.07, 6.45) is 5.05. The van der Waals surface area contributed by atoms with Crippen molar-refractivity contribution in [3.05, 3.63) is 59.2 Å². The van der Waals surface area contributed by atoms with E-state index in [4.69, 9.17) is 9.47 Å². The van der Waals surface area contributed by atoms with Crippen LogP contribution in [-0.2, 0) is 21.4 Å². The molecular weight excluding hydrogens is 448 g/mol. The number of esters is 1. The van der Waals surface area contributed by atoms with Crippen LogP contribution in [0.4, 0.5) is 0 Å². The molecule has 190 valence electrons. The Kier molecular flexibility index (Phi) is 6.22. The molecule has 5 heteroatoms. The Morgan fingerprint density at radius 1 is 1.11 bits per heavy atom. The number of aryl methyl sites for hydroxylation is 1. The van der Waals surface area contributed by atoms with Gasteiger partial charge in [0.25, 0.3) is 0 Å². The van der Waals surface area contributed by atoms with E-state index in [0.29, 0.717) is 5.92 Å². The minimum atomic E-state index is -0.441. The van der Waals surface area contributed by atoms with Gasteiger partial charge in [-0.05, 0) is 90.8 Å². The van der Waals surface area contributed by atoms with E-state index in [1.807, 2.05) is 18.2 Å². The van der Waals surface area contributed by atoms with Crippen LogP contribution in [0.5, 0.6) is 5.75 Å². The number of aromatic amines is 1. The van der Waals surface area contributed by atoms with Gasteiger partial charge in [0.2, 0.25) is 0 Å². The number of carbonyl (C=O) groups excluding carboxylic acids is 1. The van der Waals surface area contributed by atoms with Crippen molar-refractivity contribution in [3.8, 4) is 28.3 Å². The maximum absolute atomic E-state index is 13.0. The van der Waals surface area contributed by atoms with Crippen LogP contribution in [0, 0.1) is 11.3 Å².